The first-order valence-electron chi connectivity index (χ1n) is 10.3. The Balaban J connectivity index is 1.59. The van der Waals surface area contributed by atoms with E-state index in [0.717, 1.165) is 35.5 Å². The number of anilines is 1. The first-order chi connectivity index (χ1) is 14.1. The minimum Gasteiger partial charge on any atom is -0.481 e. The van der Waals surface area contributed by atoms with Crippen molar-refractivity contribution in [1.82, 2.24) is 30.7 Å². The van der Waals surface area contributed by atoms with Crippen LogP contribution in [0.15, 0.2) is 24.4 Å². The normalized spacial score (nSPS) is 20.6. The maximum absolute atomic E-state index is 6.07. The molecule has 0 radical (unpaired) electrons. The van der Waals surface area contributed by atoms with Gasteiger partial charge in [-0.25, -0.2) is 9.97 Å². The molecule has 29 heavy (non-hydrogen) atoms. The molecule has 0 spiro atoms. The van der Waals surface area contributed by atoms with Gasteiger partial charge in [-0.3, -0.25) is 0 Å². The van der Waals surface area contributed by atoms with E-state index in [1.54, 1.807) is 13.3 Å². The molecule has 4 rings (SSSR count). The molecule has 8 heteroatoms. The molecule has 4 N–H and O–H groups in total. The topological polar surface area (TPSA) is 115 Å². The predicted molar refractivity (Wildman–Crippen MR) is 113 cm³/mol. The van der Waals surface area contributed by atoms with E-state index < -0.39 is 0 Å². The van der Waals surface area contributed by atoms with Crippen LogP contribution in [0.25, 0.3) is 11.2 Å². The summed E-state index contributed by atoms with van der Waals surface area (Å²) < 4.78 is 5.35. The average molecular weight is 396 g/mol. The highest BCUT2D eigenvalue weighted by Crippen LogP contribution is 2.33. The lowest BCUT2D eigenvalue weighted by Gasteiger charge is -2.28. The summed E-state index contributed by atoms with van der Waals surface area (Å²) in [5, 5.41) is 14.9. The summed E-state index contributed by atoms with van der Waals surface area (Å²) in [6, 6.07) is 6.52. The maximum atomic E-state index is 6.07. The summed E-state index contributed by atoms with van der Waals surface area (Å²) in [6.07, 6.45) is 7.81. The maximum Gasteiger partial charge on any atom is 0.213 e. The Bertz CT molecular complexity index is 949. The first kappa shape index (κ1) is 19.6. The lowest BCUT2D eigenvalue weighted by atomic mass is 9.86. The summed E-state index contributed by atoms with van der Waals surface area (Å²) in [7, 11) is 1.63. The van der Waals surface area contributed by atoms with E-state index >= 15 is 0 Å². The summed E-state index contributed by atoms with van der Waals surface area (Å²) >= 11 is 0. The lowest BCUT2D eigenvalue weighted by molar-refractivity contribution is 0.306. The smallest absolute Gasteiger partial charge is 0.213 e. The number of nitrogens with two attached hydrogens (primary N) is 1. The largest absolute Gasteiger partial charge is 0.481 e. The van der Waals surface area contributed by atoms with Gasteiger partial charge in [-0.15, -0.1) is 5.10 Å². The number of H-pyrrole nitrogens is 1. The van der Waals surface area contributed by atoms with E-state index in [1.165, 1.54) is 25.7 Å². The molecule has 1 aliphatic rings. The fraction of sp³-hybridized carbons (Fsp3) is 0.524. The zero-order valence-electron chi connectivity index (χ0n) is 17.1. The molecule has 1 saturated carbocycles. The summed E-state index contributed by atoms with van der Waals surface area (Å²) in [5.74, 6) is 1.98. The number of rotatable bonds is 7. The number of ether oxygens (including phenoxy) is 1. The number of pyridine rings is 2. The highest BCUT2D eigenvalue weighted by molar-refractivity contribution is 5.77. The van der Waals surface area contributed by atoms with Gasteiger partial charge in [-0.2, -0.15) is 10.3 Å². The van der Waals surface area contributed by atoms with Crippen molar-refractivity contribution in [2.24, 2.45) is 5.92 Å². The van der Waals surface area contributed by atoms with E-state index in [-0.39, 0.29) is 5.92 Å². The van der Waals surface area contributed by atoms with Crippen molar-refractivity contribution in [3.05, 3.63) is 35.5 Å². The molecule has 0 aromatic carbocycles. The highest BCUT2D eigenvalue weighted by Gasteiger charge is 2.22. The predicted octanol–water partition coefficient (Wildman–Crippen LogP) is 3.03. The Morgan fingerprint density at radius 1 is 1.24 bits per heavy atom. The van der Waals surface area contributed by atoms with Crippen LogP contribution in [-0.2, 0) is 0 Å². The second-order valence-corrected chi connectivity index (χ2v) is 8.02. The van der Waals surface area contributed by atoms with Crippen LogP contribution in [-0.4, -0.2) is 45.1 Å². The summed E-state index contributed by atoms with van der Waals surface area (Å²) in [6.45, 7) is 3.26. The van der Waals surface area contributed by atoms with E-state index in [1.807, 2.05) is 18.2 Å². The Hall–Kier alpha value is -2.74. The molecular formula is C21H29N7O. The van der Waals surface area contributed by atoms with Gasteiger partial charge in [0, 0.05) is 24.2 Å². The fourth-order valence-corrected chi connectivity index (χ4v) is 4.30. The van der Waals surface area contributed by atoms with Crippen molar-refractivity contribution in [1.29, 1.82) is 0 Å². The van der Waals surface area contributed by atoms with Crippen LogP contribution in [0.1, 0.15) is 56.1 Å². The molecule has 0 amide bonds. The molecule has 3 heterocycles. The standard InChI is InChI=1S/C21H29N7O/c1-13-3-5-15(6-4-13)23-10-8-16(14-7-9-24-19(11-14)29-2)17-12-18(22)25-21-20(17)26-28-27-21/h7,9,11-13,15-16,23H,3-6,8,10H2,1-2H3,(H3,22,25,26,27,28). The second kappa shape index (κ2) is 8.73. The SMILES string of the molecule is COc1cc(C(CCNC2CCC(C)CC2)c2cc(N)nc3n[nH]nc23)ccn1. The Kier molecular flexibility index (Phi) is 5.89. The third kappa shape index (κ3) is 4.48. The number of aromatic amines is 1. The monoisotopic (exact) mass is 395 g/mol. The van der Waals surface area contributed by atoms with E-state index in [4.69, 9.17) is 10.5 Å². The molecule has 0 aliphatic heterocycles. The quantitative estimate of drug-likeness (QED) is 0.563. The third-order valence-electron chi connectivity index (χ3n) is 5.97. The van der Waals surface area contributed by atoms with Gasteiger partial charge in [0.25, 0.3) is 0 Å². The summed E-state index contributed by atoms with van der Waals surface area (Å²) in [4.78, 5) is 8.54. The number of nitrogens with one attached hydrogen (secondary N) is 2. The van der Waals surface area contributed by atoms with Crippen molar-refractivity contribution in [2.45, 2.75) is 51.0 Å². The number of nitrogen functional groups attached to an aromatic ring is 1. The van der Waals surface area contributed by atoms with Crippen LogP contribution < -0.4 is 15.8 Å². The number of fused-ring (bicyclic) bond motifs is 1. The minimum atomic E-state index is 0.0832. The minimum absolute atomic E-state index is 0.0832. The summed E-state index contributed by atoms with van der Waals surface area (Å²) in [5.41, 5.74) is 9.51. The molecular weight excluding hydrogens is 366 g/mol. The van der Waals surface area contributed by atoms with Gasteiger partial charge in [-0.05, 0) is 67.8 Å². The highest BCUT2D eigenvalue weighted by atomic mass is 16.5. The van der Waals surface area contributed by atoms with Crippen LogP contribution >= 0.6 is 0 Å². The van der Waals surface area contributed by atoms with Crippen LogP contribution in [0, 0.1) is 5.92 Å². The third-order valence-corrected chi connectivity index (χ3v) is 5.97. The van der Waals surface area contributed by atoms with Crippen molar-refractivity contribution in [2.75, 3.05) is 19.4 Å². The molecule has 3 aromatic heterocycles. The van der Waals surface area contributed by atoms with Crippen LogP contribution in [0.4, 0.5) is 5.82 Å². The van der Waals surface area contributed by atoms with Crippen molar-refractivity contribution < 1.29 is 4.74 Å². The molecule has 1 aliphatic carbocycles. The molecule has 154 valence electrons. The Labute approximate surface area is 170 Å². The molecule has 0 saturated heterocycles. The number of methoxy groups -OCH3 is 1. The molecule has 8 nitrogen and oxygen atoms in total. The van der Waals surface area contributed by atoms with Gasteiger partial charge in [-0.1, -0.05) is 6.92 Å². The molecule has 1 fully saturated rings. The van der Waals surface area contributed by atoms with Gasteiger partial charge in [0.1, 0.15) is 11.3 Å². The zero-order valence-corrected chi connectivity index (χ0v) is 17.1. The first-order valence-corrected chi connectivity index (χ1v) is 10.3. The Morgan fingerprint density at radius 2 is 2.07 bits per heavy atom. The van der Waals surface area contributed by atoms with Crippen LogP contribution in [0.3, 0.4) is 0 Å². The lowest BCUT2D eigenvalue weighted by Crippen LogP contribution is -2.34. The molecule has 1 atom stereocenters. The second-order valence-electron chi connectivity index (χ2n) is 8.02. The fourth-order valence-electron chi connectivity index (χ4n) is 4.30. The van der Waals surface area contributed by atoms with Gasteiger partial charge in [0.15, 0.2) is 0 Å². The van der Waals surface area contributed by atoms with Gasteiger partial charge >= 0.3 is 0 Å². The van der Waals surface area contributed by atoms with E-state index in [0.29, 0.717) is 23.4 Å². The molecule has 0 bridgehead atoms. The van der Waals surface area contributed by atoms with Gasteiger partial charge < -0.3 is 15.8 Å². The number of hydrogen-bond donors (Lipinski definition) is 3. The molecule has 1 unspecified atom stereocenters. The van der Waals surface area contributed by atoms with Crippen LogP contribution in [0.5, 0.6) is 5.88 Å². The van der Waals surface area contributed by atoms with Gasteiger partial charge in [0.05, 0.1) is 7.11 Å². The van der Waals surface area contributed by atoms with E-state index in [2.05, 4.69) is 37.6 Å². The van der Waals surface area contributed by atoms with Crippen molar-refractivity contribution >= 4 is 17.0 Å². The van der Waals surface area contributed by atoms with Crippen LogP contribution in [0.2, 0.25) is 0 Å². The van der Waals surface area contributed by atoms with Crippen molar-refractivity contribution in [3.8, 4) is 5.88 Å². The van der Waals surface area contributed by atoms with Gasteiger partial charge in [0.2, 0.25) is 11.5 Å². The van der Waals surface area contributed by atoms with Crippen molar-refractivity contribution in [3.63, 3.8) is 0 Å². The van der Waals surface area contributed by atoms with E-state index in [9.17, 15) is 0 Å². The average Bonchev–Trinajstić information content (AvgIpc) is 3.20. The number of hydrogen-bond acceptors (Lipinski definition) is 7. The molecule has 3 aromatic rings. The number of nitrogens with zero attached hydrogens (tertiary/aromatic N) is 4. The zero-order chi connectivity index (χ0) is 20.2. The Morgan fingerprint density at radius 3 is 2.86 bits per heavy atom. The number of aromatic nitrogens is 5.